The van der Waals surface area contributed by atoms with Gasteiger partial charge in [-0.2, -0.15) is 0 Å². The highest BCUT2D eigenvalue weighted by molar-refractivity contribution is 5.73. The smallest absolute Gasteiger partial charge is 0.309 e. The van der Waals surface area contributed by atoms with Crippen molar-refractivity contribution in [1.29, 1.82) is 0 Å². The summed E-state index contributed by atoms with van der Waals surface area (Å²) in [6, 6.07) is 9.97. The van der Waals surface area contributed by atoms with Gasteiger partial charge in [0.1, 0.15) is 6.10 Å². The Morgan fingerprint density at radius 2 is 1.87 bits per heavy atom. The molecular formula is C13H16O2. The predicted octanol–water partition coefficient (Wildman–Crippen LogP) is 2.95. The van der Waals surface area contributed by atoms with E-state index in [-0.39, 0.29) is 18.0 Å². The molecule has 0 bridgehead atoms. The summed E-state index contributed by atoms with van der Waals surface area (Å²) >= 11 is 0. The van der Waals surface area contributed by atoms with E-state index in [1.54, 1.807) is 0 Å². The molecule has 0 radical (unpaired) electrons. The standard InChI is InChI=1S/C13H16O2/c1-9-8-10(2)13(14)15-12(9)11-6-4-3-5-7-11/h3-7,9-10,12H,8H2,1-2H3/t9-,10+,12-/m0/s1. The van der Waals surface area contributed by atoms with Crippen LogP contribution in [0.5, 0.6) is 0 Å². The van der Waals surface area contributed by atoms with Crippen molar-refractivity contribution < 1.29 is 9.53 Å². The molecular weight excluding hydrogens is 188 g/mol. The Kier molecular flexibility index (Phi) is 2.76. The van der Waals surface area contributed by atoms with E-state index in [1.165, 1.54) is 0 Å². The van der Waals surface area contributed by atoms with Crippen LogP contribution in [0.1, 0.15) is 31.9 Å². The second-order valence-corrected chi connectivity index (χ2v) is 4.38. The molecule has 1 aromatic rings. The van der Waals surface area contributed by atoms with E-state index in [9.17, 15) is 4.79 Å². The van der Waals surface area contributed by atoms with Crippen LogP contribution in [0.15, 0.2) is 30.3 Å². The van der Waals surface area contributed by atoms with Crippen LogP contribution in [0.4, 0.5) is 0 Å². The van der Waals surface area contributed by atoms with Crippen LogP contribution in [0.2, 0.25) is 0 Å². The van der Waals surface area contributed by atoms with Crippen LogP contribution in [0, 0.1) is 11.8 Å². The molecule has 0 aromatic heterocycles. The van der Waals surface area contributed by atoms with E-state index in [2.05, 4.69) is 6.92 Å². The van der Waals surface area contributed by atoms with Crippen molar-refractivity contribution in [2.45, 2.75) is 26.4 Å². The quantitative estimate of drug-likeness (QED) is 0.657. The second-order valence-electron chi connectivity index (χ2n) is 4.38. The topological polar surface area (TPSA) is 26.3 Å². The maximum absolute atomic E-state index is 11.5. The Labute approximate surface area is 90.3 Å². The van der Waals surface area contributed by atoms with Crippen LogP contribution < -0.4 is 0 Å². The summed E-state index contributed by atoms with van der Waals surface area (Å²) in [6.07, 6.45) is 0.855. The van der Waals surface area contributed by atoms with Gasteiger partial charge in [0.15, 0.2) is 0 Å². The van der Waals surface area contributed by atoms with Gasteiger partial charge in [0.25, 0.3) is 0 Å². The molecule has 0 saturated carbocycles. The van der Waals surface area contributed by atoms with Crippen LogP contribution >= 0.6 is 0 Å². The van der Waals surface area contributed by atoms with Gasteiger partial charge in [0, 0.05) is 0 Å². The van der Waals surface area contributed by atoms with Gasteiger partial charge in [-0.1, -0.05) is 44.2 Å². The fourth-order valence-corrected chi connectivity index (χ4v) is 2.17. The highest BCUT2D eigenvalue weighted by atomic mass is 16.5. The summed E-state index contributed by atoms with van der Waals surface area (Å²) in [7, 11) is 0. The van der Waals surface area contributed by atoms with E-state index in [4.69, 9.17) is 4.74 Å². The Bertz CT molecular complexity index is 345. The van der Waals surface area contributed by atoms with Gasteiger partial charge in [-0.25, -0.2) is 0 Å². The molecule has 0 N–H and O–H groups in total. The van der Waals surface area contributed by atoms with Crippen LogP contribution in [0.3, 0.4) is 0 Å². The maximum Gasteiger partial charge on any atom is 0.309 e. The molecule has 1 aromatic carbocycles. The van der Waals surface area contributed by atoms with Crippen LogP contribution in [-0.2, 0) is 9.53 Å². The molecule has 0 amide bonds. The summed E-state index contributed by atoms with van der Waals surface area (Å²) < 4.78 is 5.46. The van der Waals surface area contributed by atoms with Crippen LogP contribution in [0.25, 0.3) is 0 Å². The third kappa shape index (κ3) is 2.04. The molecule has 1 heterocycles. The SMILES string of the molecule is C[C@@H]1C[C@H](C)[C@@H](c2ccccc2)OC1=O. The van der Waals surface area contributed by atoms with Crippen LogP contribution in [-0.4, -0.2) is 5.97 Å². The Hall–Kier alpha value is -1.31. The van der Waals surface area contributed by atoms with Gasteiger partial charge in [-0.15, -0.1) is 0 Å². The lowest BCUT2D eigenvalue weighted by atomic mass is 9.86. The number of carbonyl (C=O) groups excluding carboxylic acids is 1. The molecule has 1 saturated heterocycles. The molecule has 0 spiro atoms. The summed E-state index contributed by atoms with van der Waals surface area (Å²) in [4.78, 5) is 11.5. The highest BCUT2D eigenvalue weighted by Gasteiger charge is 2.33. The molecule has 0 unspecified atom stereocenters. The third-order valence-corrected chi connectivity index (χ3v) is 3.02. The number of carbonyl (C=O) groups is 1. The van der Waals surface area contributed by atoms with Crippen molar-refractivity contribution in [3.8, 4) is 0 Å². The Morgan fingerprint density at radius 3 is 2.53 bits per heavy atom. The normalized spacial score (nSPS) is 31.1. The molecule has 3 atom stereocenters. The third-order valence-electron chi connectivity index (χ3n) is 3.02. The van der Waals surface area contributed by atoms with E-state index < -0.39 is 0 Å². The number of benzene rings is 1. The van der Waals surface area contributed by atoms with Gasteiger partial charge >= 0.3 is 5.97 Å². The largest absolute Gasteiger partial charge is 0.457 e. The zero-order valence-corrected chi connectivity index (χ0v) is 9.14. The van der Waals surface area contributed by atoms with E-state index in [0.717, 1.165) is 12.0 Å². The molecule has 80 valence electrons. The minimum Gasteiger partial charge on any atom is -0.457 e. The summed E-state index contributed by atoms with van der Waals surface area (Å²) in [6.45, 7) is 4.07. The van der Waals surface area contributed by atoms with Crippen molar-refractivity contribution in [3.63, 3.8) is 0 Å². The molecule has 1 aliphatic heterocycles. The Balaban J connectivity index is 2.20. The molecule has 2 nitrogen and oxygen atoms in total. The number of esters is 1. The monoisotopic (exact) mass is 204 g/mol. The maximum atomic E-state index is 11.5. The first-order chi connectivity index (χ1) is 7.18. The van der Waals surface area contributed by atoms with Crippen molar-refractivity contribution in [3.05, 3.63) is 35.9 Å². The summed E-state index contributed by atoms with van der Waals surface area (Å²) in [5.41, 5.74) is 1.10. The van der Waals surface area contributed by atoms with Gasteiger partial charge in [-0.05, 0) is 17.9 Å². The zero-order chi connectivity index (χ0) is 10.8. The van der Waals surface area contributed by atoms with Crippen molar-refractivity contribution in [2.75, 3.05) is 0 Å². The van der Waals surface area contributed by atoms with Gasteiger partial charge in [-0.3, -0.25) is 4.79 Å². The predicted molar refractivity (Wildman–Crippen MR) is 58.2 cm³/mol. The van der Waals surface area contributed by atoms with E-state index in [1.807, 2.05) is 37.3 Å². The average molecular weight is 204 g/mol. The molecule has 1 fully saturated rings. The first-order valence-corrected chi connectivity index (χ1v) is 5.44. The molecule has 2 rings (SSSR count). The minimum absolute atomic E-state index is 0.0416. The average Bonchev–Trinajstić information content (AvgIpc) is 2.25. The molecule has 15 heavy (non-hydrogen) atoms. The molecule has 0 aliphatic carbocycles. The molecule has 2 heteroatoms. The van der Waals surface area contributed by atoms with Gasteiger partial charge < -0.3 is 4.74 Å². The first-order valence-electron chi connectivity index (χ1n) is 5.44. The number of rotatable bonds is 1. The summed E-state index contributed by atoms with van der Waals surface area (Å²) in [5.74, 6) is 0.377. The number of hydrogen-bond acceptors (Lipinski definition) is 2. The lowest BCUT2D eigenvalue weighted by Crippen LogP contribution is -2.30. The minimum atomic E-state index is -0.0676. The summed E-state index contributed by atoms with van der Waals surface area (Å²) in [5, 5.41) is 0. The second kappa shape index (κ2) is 4.05. The first kappa shape index (κ1) is 10.2. The number of cyclic esters (lactones) is 1. The Morgan fingerprint density at radius 1 is 1.20 bits per heavy atom. The number of ether oxygens (including phenoxy) is 1. The fraction of sp³-hybridized carbons (Fsp3) is 0.462. The van der Waals surface area contributed by atoms with Gasteiger partial charge in [0.05, 0.1) is 5.92 Å². The lowest BCUT2D eigenvalue weighted by molar-refractivity contribution is -0.164. The van der Waals surface area contributed by atoms with Crippen molar-refractivity contribution in [2.24, 2.45) is 11.8 Å². The van der Waals surface area contributed by atoms with Crippen molar-refractivity contribution in [1.82, 2.24) is 0 Å². The molecule has 1 aliphatic rings. The van der Waals surface area contributed by atoms with Gasteiger partial charge in [0.2, 0.25) is 0 Å². The van der Waals surface area contributed by atoms with E-state index >= 15 is 0 Å². The van der Waals surface area contributed by atoms with E-state index in [0.29, 0.717) is 5.92 Å². The van der Waals surface area contributed by atoms with Crippen molar-refractivity contribution >= 4 is 5.97 Å². The number of hydrogen-bond donors (Lipinski definition) is 0. The zero-order valence-electron chi connectivity index (χ0n) is 9.14. The lowest BCUT2D eigenvalue weighted by Gasteiger charge is -2.32. The highest BCUT2D eigenvalue weighted by Crippen LogP contribution is 2.35. The fourth-order valence-electron chi connectivity index (χ4n) is 2.17.